The van der Waals surface area contributed by atoms with Gasteiger partial charge in [-0.05, 0) is 64.2 Å². The number of carbonyl (C=O) groups is 1. The molecule has 0 radical (unpaired) electrons. The van der Waals surface area contributed by atoms with Crippen LogP contribution in [0.4, 0.5) is 0 Å². The fraction of sp³-hybridized carbons (Fsp3) is 0.764. The van der Waals surface area contributed by atoms with Gasteiger partial charge in [-0.25, -0.2) is 0 Å². The molecule has 0 bridgehead atoms. The number of rotatable bonds is 48. The summed E-state index contributed by atoms with van der Waals surface area (Å²) in [5.74, 6) is -0.345. The van der Waals surface area contributed by atoms with E-state index in [-0.39, 0.29) is 25.8 Å². The third-order valence-corrected chi connectivity index (χ3v) is 12.0. The molecule has 2 unspecified atom stereocenters. The fourth-order valence-electron chi connectivity index (χ4n) is 7.02. The first kappa shape index (κ1) is 61.9. The molecular weight excluding hydrogens is 818 g/mol. The Bertz CT molecular complexity index is 1250. The van der Waals surface area contributed by atoms with E-state index in [1.807, 2.05) is 21.1 Å². The minimum Gasteiger partial charge on any atom is -0.756 e. The van der Waals surface area contributed by atoms with Gasteiger partial charge in [0.25, 0.3) is 7.82 Å². The van der Waals surface area contributed by atoms with E-state index in [4.69, 9.17) is 18.5 Å². The summed E-state index contributed by atoms with van der Waals surface area (Å²) in [5, 5.41) is 0. The predicted octanol–water partition coefficient (Wildman–Crippen LogP) is 15.6. The normalized spacial score (nSPS) is 14.2. The monoisotopic (exact) mass is 918 g/mol. The number of hydrogen-bond donors (Lipinski definition) is 0. The molecule has 0 aliphatic carbocycles. The second-order valence-electron chi connectivity index (χ2n) is 18.5. The number of nitrogens with zero attached hydrogens (tertiary/aromatic N) is 1. The van der Waals surface area contributed by atoms with Crippen LogP contribution in [0.5, 0.6) is 0 Å². The van der Waals surface area contributed by atoms with Gasteiger partial charge in [0.1, 0.15) is 19.3 Å². The van der Waals surface area contributed by atoms with Gasteiger partial charge < -0.3 is 27.9 Å². The topological polar surface area (TPSA) is 94.1 Å². The first-order chi connectivity index (χ1) is 31.1. The van der Waals surface area contributed by atoms with Crippen LogP contribution in [0.25, 0.3) is 0 Å². The van der Waals surface area contributed by atoms with E-state index in [1.54, 1.807) is 0 Å². The molecule has 0 heterocycles. The molecule has 2 atom stereocenters. The lowest BCUT2D eigenvalue weighted by Gasteiger charge is -2.28. The van der Waals surface area contributed by atoms with Crippen molar-refractivity contribution in [1.29, 1.82) is 0 Å². The van der Waals surface area contributed by atoms with Gasteiger partial charge in [-0.3, -0.25) is 9.36 Å². The summed E-state index contributed by atoms with van der Waals surface area (Å²) in [6, 6.07) is 0. The van der Waals surface area contributed by atoms with E-state index in [2.05, 4.69) is 86.8 Å². The quantitative estimate of drug-likeness (QED) is 0.0197. The summed E-state index contributed by atoms with van der Waals surface area (Å²) in [5.41, 5.74) is 0. The highest BCUT2D eigenvalue weighted by Gasteiger charge is 2.20. The SMILES string of the molecule is CC/C=C\C/C=C\C/C=C\C/C=C\C/C=C\C/C=C\CCCCCOCC(COP(=O)([O-])OCC[N+](C)(C)C)OC(=O)CCCCCCCCCCCCCCCCCCCCCC. The summed E-state index contributed by atoms with van der Waals surface area (Å²) >= 11 is 0. The van der Waals surface area contributed by atoms with Crippen molar-refractivity contribution in [2.45, 2.75) is 219 Å². The Morgan fingerprint density at radius 3 is 1.34 bits per heavy atom. The van der Waals surface area contributed by atoms with E-state index >= 15 is 0 Å². The number of quaternary nitrogens is 1. The number of allylic oxidation sites excluding steroid dienone is 12. The molecule has 0 saturated heterocycles. The van der Waals surface area contributed by atoms with Crippen LogP contribution in [-0.4, -0.2) is 70.7 Å². The van der Waals surface area contributed by atoms with Crippen molar-refractivity contribution in [2.75, 3.05) is 54.1 Å². The first-order valence-corrected chi connectivity index (χ1v) is 27.6. The first-order valence-electron chi connectivity index (χ1n) is 26.2. The zero-order chi connectivity index (χ0) is 46.9. The van der Waals surface area contributed by atoms with Crippen LogP contribution in [0, 0.1) is 0 Å². The number of phosphoric acid groups is 1. The molecule has 0 rings (SSSR count). The summed E-state index contributed by atoms with van der Waals surface area (Å²) in [6.07, 6.45) is 62.2. The minimum atomic E-state index is -4.54. The number of likely N-dealkylation sites (N-methyl/N-ethyl adjacent to an activating group) is 1. The molecular formula is C55H100NO7P. The molecule has 64 heavy (non-hydrogen) atoms. The molecule has 372 valence electrons. The van der Waals surface area contributed by atoms with Crippen molar-refractivity contribution < 1.29 is 37.3 Å². The Hall–Kier alpha value is -2.06. The average molecular weight is 918 g/mol. The Morgan fingerprint density at radius 2 is 0.906 bits per heavy atom. The molecule has 0 saturated carbocycles. The third kappa shape index (κ3) is 50.9. The zero-order valence-electron chi connectivity index (χ0n) is 42.2. The van der Waals surface area contributed by atoms with Crippen molar-refractivity contribution in [3.05, 3.63) is 72.9 Å². The second-order valence-corrected chi connectivity index (χ2v) is 19.9. The van der Waals surface area contributed by atoms with Crippen LogP contribution in [0.15, 0.2) is 72.9 Å². The molecule has 0 fully saturated rings. The van der Waals surface area contributed by atoms with Crippen molar-refractivity contribution in [3.63, 3.8) is 0 Å². The largest absolute Gasteiger partial charge is 0.756 e. The van der Waals surface area contributed by atoms with Crippen LogP contribution >= 0.6 is 7.82 Å². The molecule has 0 spiro atoms. The summed E-state index contributed by atoms with van der Waals surface area (Å²) in [4.78, 5) is 25.2. The van der Waals surface area contributed by atoms with Gasteiger partial charge in [-0.15, -0.1) is 0 Å². The number of carbonyl (C=O) groups excluding carboxylic acids is 1. The van der Waals surface area contributed by atoms with Gasteiger partial charge in [0.05, 0.1) is 34.4 Å². The maximum absolute atomic E-state index is 12.8. The lowest BCUT2D eigenvalue weighted by atomic mass is 10.0. The molecule has 0 aromatic carbocycles. The van der Waals surface area contributed by atoms with Crippen molar-refractivity contribution in [1.82, 2.24) is 0 Å². The van der Waals surface area contributed by atoms with E-state index in [9.17, 15) is 14.3 Å². The number of ether oxygens (including phenoxy) is 2. The van der Waals surface area contributed by atoms with Gasteiger partial charge in [-0.2, -0.15) is 0 Å². The van der Waals surface area contributed by atoms with E-state index in [0.29, 0.717) is 24.1 Å². The molecule has 9 heteroatoms. The van der Waals surface area contributed by atoms with Crippen LogP contribution in [0.3, 0.4) is 0 Å². The lowest BCUT2D eigenvalue weighted by molar-refractivity contribution is -0.870. The Morgan fingerprint density at radius 1 is 0.500 bits per heavy atom. The summed E-state index contributed by atoms with van der Waals surface area (Å²) in [7, 11) is 1.33. The fourth-order valence-corrected chi connectivity index (χ4v) is 7.75. The van der Waals surface area contributed by atoms with Crippen LogP contribution in [0.2, 0.25) is 0 Å². The number of phosphoric ester groups is 1. The highest BCUT2D eigenvalue weighted by atomic mass is 31.2. The number of hydrogen-bond acceptors (Lipinski definition) is 7. The molecule has 0 aliphatic rings. The third-order valence-electron chi connectivity index (χ3n) is 11.0. The Balaban J connectivity index is 4.21. The second kappa shape index (κ2) is 47.4. The molecule has 0 aromatic heterocycles. The highest BCUT2D eigenvalue weighted by Crippen LogP contribution is 2.38. The predicted molar refractivity (Wildman–Crippen MR) is 272 cm³/mol. The van der Waals surface area contributed by atoms with E-state index < -0.39 is 13.9 Å². The highest BCUT2D eigenvalue weighted by molar-refractivity contribution is 7.45. The molecule has 0 N–H and O–H groups in total. The van der Waals surface area contributed by atoms with Crippen LogP contribution < -0.4 is 4.89 Å². The van der Waals surface area contributed by atoms with Gasteiger partial charge in [0.15, 0.2) is 0 Å². The number of esters is 1. The van der Waals surface area contributed by atoms with Crippen molar-refractivity contribution >= 4 is 13.8 Å². The maximum atomic E-state index is 12.8. The van der Waals surface area contributed by atoms with Gasteiger partial charge in [0.2, 0.25) is 0 Å². The number of unbranched alkanes of at least 4 members (excludes halogenated alkanes) is 22. The van der Waals surface area contributed by atoms with E-state index in [1.165, 1.54) is 109 Å². The Kier molecular flexibility index (Phi) is 45.9. The van der Waals surface area contributed by atoms with Gasteiger partial charge >= 0.3 is 5.97 Å². The van der Waals surface area contributed by atoms with Gasteiger partial charge in [-0.1, -0.05) is 215 Å². The molecule has 0 aliphatic heterocycles. The molecule has 0 aromatic rings. The van der Waals surface area contributed by atoms with Crippen LogP contribution in [-0.2, 0) is 27.9 Å². The lowest BCUT2D eigenvalue weighted by Crippen LogP contribution is -2.37. The molecule has 0 amide bonds. The van der Waals surface area contributed by atoms with Gasteiger partial charge in [0, 0.05) is 13.0 Å². The minimum absolute atomic E-state index is 0.0171. The average Bonchev–Trinajstić information content (AvgIpc) is 3.25. The van der Waals surface area contributed by atoms with E-state index in [0.717, 1.165) is 83.5 Å². The summed E-state index contributed by atoms with van der Waals surface area (Å²) in [6.45, 7) is 5.23. The smallest absolute Gasteiger partial charge is 0.306 e. The maximum Gasteiger partial charge on any atom is 0.306 e. The van der Waals surface area contributed by atoms with Crippen LogP contribution in [0.1, 0.15) is 213 Å². The summed E-state index contributed by atoms with van der Waals surface area (Å²) < 4.78 is 34.7. The zero-order valence-corrected chi connectivity index (χ0v) is 43.1. The Labute approximate surface area is 395 Å². The molecule has 8 nitrogen and oxygen atoms in total. The standard InChI is InChI=1S/C55H100NO7P/c1-6-8-10-12-14-16-18-20-22-24-26-28-29-31-33-35-37-39-41-43-45-47-50-60-52-54(53-62-64(58,59)61-51-49-56(3,4)5)63-55(57)48-46-44-42-40-38-36-34-32-30-27-25-23-21-19-17-15-13-11-9-7-2/h8,10,14,16,20,22,26,28,31,33,37,39,54H,6-7,9,11-13,15,17-19,21,23-25,27,29-30,32,34-36,38,40-53H2,1-5H3/b10-8-,16-14-,22-20-,28-26-,33-31-,39-37-. The van der Waals surface area contributed by atoms with Crippen molar-refractivity contribution in [2.24, 2.45) is 0 Å². The van der Waals surface area contributed by atoms with Crippen molar-refractivity contribution in [3.8, 4) is 0 Å².